The number of rotatable bonds is 6. The number of hydrogen-bond donors (Lipinski definition) is 1. The molecule has 1 aromatic carbocycles. The summed E-state index contributed by atoms with van der Waals surface area (Å²) < 4.78 is 46.3. The van der Waals surface area contributed by atoms with Crippen LogP contribution in [0.1, 0.15) is 52.4 Å². The number of halogens is 2. The van der Waals surface area contributed by atoms with Crippen molar-refractivity contribution in [3.63, 3.8) is 0 Å². The second-order valence-corrected chi connectivity index (χ2v) is 9.64. The average Bonchev–Trinajstić information content (AvgIpc) is 3.24. The van der Waals surface area contributed by atoms with Gasteiger partial charge in [0.25, 0.3) is 0 Å². The Morgan fingerprint density at radius 2 is 1.85 bits per heavy atom. The number of aromatic nitrogens is 3. The molecule has 0 aliphatic carbocycles. The third kappa shape index (κ3) is 4.23. The average molecular weight is 459 g/mol. The van der Waals surface area contributed by atoms with Crippen molar-refractivity contribution >= 4 is 23.6 Å². The molecule has 1 fully saturated rings. The fraction of sp³-hybridized carbons (Fsp3) is 0.478. The molecule has 4 rings (SSSR count). The van der Waals surface area contributed by atoms with E-state index in [1.807, 2.05) is 40.7 Å². The molecule has 176 valence electrons. The van der Waals surface area contributed by atoms with Crippen LogP contribution in [0.2, 0.25) is 0 Å². The molecule has 0 bridgehead atoms. The molecule has 3 heterocycles. The summed E-state index contributed by atoms with van der Waals surface area (Å²) in [6.07, 6.45) is 2.65. The van der Waals surface area contributed by atoms with Gasteiger partial charge in [0.15, 0.2) is 0 Å². The molecule has 0 amide bonds. The van der Waals surface area contributed by atoms with Crippen LogP contribution >= 0.6 is 0 Å². The predicted molar refractivity (Wildman–Crippen MR) is 121 cm³/mol. The maximum absolute atomic E-state index is 13.7. The SMILES string of the molecule is Cc1cccnc1C(C)(O)COc1cc(B2OC(C)(C)C(C)(C)O2)cc2ncn(C(F)F)c12. The Morgan fingerprint density at radius 3 is 2.45 bits per heavy atom. The number of imidazole rings is 1. The van der Waals surface area contributed by atoms with E-state index in [-0.39, 0.29) is 17.9 Å². The van der Waals surface area contributed by atoms with E-state index >= 15 is 0 Å². The van der Waals surface area contributed by atoms with Crippen LogP contribution in [-0.2, 0) is 14.9 Å². The number of ether oxygens (including phenoxy) is 1. The minimum atomic E-state index is -2.81. The van der Waals surface area contributed by atoms with Crippen molar-refractivity contribution in [2.24, 2.45) is 0 Å². The summed E-state index contributed by atoms with van der Waals surface area (Å²) in [5, 5.41) is 11.0. The van der Waals surface area contributed by atoms with E-state index in [9.17, 15) is 13.9 Å². The number of benzene rings is 1. The Hall–Kier alpha value is -2.56. The van der Waals surface area contributed by atoms with Crippen molar-refractivity contribution in [1.82, 2.24) is 14.5 Å². The molecule has 0 radical (unpaired) electrons. The van der Waals surface area contributed by atoms with Gasteiger partial charge in [-0.15, -0.1) is 0 Å². The van der Waals surface area contributed by atoms with E-state index in [1.165, 1.54) is 0 Å². The van der Waals surface area contributed by atoms with E-state index in [4.69, 9.17) is 14.0 Å². The molecule has 0 spiro atoms. The number of aryl methyl sites for hydroxylation is 1. The van der Waals surface area contributed by atoms with Gasteiger partial charge in [-0.05, 0) is 70.8 Å². The summed E-state index contributed by atoms with van der Waals surface area (Å²) in [6.45, 7) is 8.12. The van der Waals surface area contributed by atoms with E-state index in [1.54, 1.807) is 31.3 Å². The largest absolute Gasteiger partial charge is 0.495 e. The molecule has 1 saturated heterocycles. The second-order valence-electron chi connectivity index (χ2n) is 9.64. The zero-order valence-electron chi connectivity index (χ0n) is 19.6. The lowest BCUT2D eigenvalue weighted by Gasteiger charge is -2.32. The molecule has 1 N–H and O–H groups in total. The first-order chi connectivity index (χ1) is 15.3. The molecule has 1 aliphatic rings. The van der Waals surface area contributed by atoms with Crippen molar-refractivity contribution in [1.29, 1.82) is 0 Å². The standard InChI is InChI=1S/C23H28BF2N3O4/c1-14-8-7-9-27-19(14)23(6,30)12-31-17-11-15(24-32-21(2,3)22(4,5)33-24)10-16-18(17)29(13-28-16)20(25)26/h7-11,13,20,30H,12H2,1-6H3. The van der Waals surface area contributed by atoms with E-state index < -0.39 is 30.5 Å². The van der Waals surface area contributed by atoms with Gasteiger partial charge >= 0.3 is 13.7 Å². The molecule has 2 aromatic heterocycles. The quantitative estimate of drug-likeness (QED) is 0.567. The van der Waals surface area contributed by atoms with Crippen molar-refractivity contribution in [2.75, 3.05) is 6.61 Å². The fourth-order valence-electron chi connectivity index (χ4n) is 3.86. The predicted octanol–water partition coefficient (Wildman–Crippen LogP) is 3.72. The third-order valence-electron chi connectivity index (χ3n) is 6.42. The van der Waals surface area contributed by atoms with Crippen LogP contribution in [0.3, 0.4) is 0 Å². The van der Waals surface area contributed by atoms with Crippen LogP contribution < -0.4 is 10.2 Å². The summed E-state index contributed by atoms with van der Waals surface area (Å²) >= 11 is 0. The topological polar surface area (TPSA) is 78.6 Å². The lowest BCUT2D eigenvalue weighted by Crippen LogP contribution is -2.41. The first kappa shape index (κ1) is 23.6. The highest BCUT2D eigenvalue weighted by Crippen LogP contribution is 2.37. The Balaban J connectivity index is 1.73. The van der Waals surface area contributed by atoms with Gasteiger partial charge in [0.05, 0.1) is 22.4 Å². The Kier molecular flexibility index (Phi) is 5.75. The summed E-state index contributed by atoms with van der Waals surface area (Å²) in [6, 6.07) is 6.87. The molecular weight excluding hydrogens is 431 g/mol. The first-order valence-electron chi connectivity index (χ1n) is 10.7. The van der Waals surface area contributed by atoms with Crippen LogP contribution in [0.5, 0.6) is 5.75 Å². The molecule has 33 heavy (non-hydrogen) atoms. The molecule has 0 saturated carbocycles. The number of pyridine rings is 1. The van der Waals surface area contributed by atoms with E-state index in [0.717, 1.165) is 16.5 Å². The van der Waals surface area contributed by atoms with Gasteiger partial charge in [-0.2, -0.15) is 8.78 Å². The van der Waals surface area contributed by atoms with Gasteiger partial charge in [-0.25, -0.2) is 4.98 Å². The van der Waals surface area contributed by atoms with Crippen molar-refractivity contribution in [2.45, 2.75) is 64.9 Å². The van der Waals surface area contributed by atoms with Gasteiger partial charge in [-0.1, -0.05) is 6.07 Å². The number of aliphatic hydroxyl groups is 1. The highest BCUT2D eigenvalue weighted by Gasteiger charge is 2.52. The normalized spacial score (nSPS) is 19.3. The summed E-state index contributed by atoms with van der Waals surface area (Å²) in [4.78, 5) is 8.40. The van der Waals surface area contributed by atoms with Crippen LogP contribution in [0.4, 0.5) is 8.78 Å². The number of alkyl halides is 2. The lowest BCUT2D eigenvalue weighted by molar-refractivity contribution is 0.00349. The molecule has 1 atom stereocenters. The van der Waals surface area contributed by atoms with Crippen LogP contribution in [0, 0.1) is 6.92 Å². The lowest BCUT2D eigenvalue weighted by atomic mass is 9.79. The number of fused-ring (bicyclic) bond motifs is 1. The molecule has 10 heteroatoms. The Morgan fingerprint density at radius 1 is 1.18 bits per heavy atom. The molecule has 1 aliphatic heterocycles. The van der Waals surface area contributed by atoms with Crippen LogP contribution in [0.15, 0.2) is 36.8 Å². The third-order valence-corrected chi connectivity index (χ3v) is 6.42. The Labute approximate surface area is 191 Å². The van der Waals surface area contributed by atoms with Crippen LogP contribution in [0.25, 0.3) is 11.0 Å². The minimum absolute atomic E-state index is 0.124. The molecule has 7 nitrogen and oxygen atoms in total. The molecule has 3 aromatic rings. The van der Waals surface area contributed by atoms with Gasteiger partial charge in [0.2, 0.25) is 0 Å². The summed E-state index contributed by atoms with van der Waals surface area (Å²) in [5.74, 6) is 0.142. The Bertz CT molecular complexity index is 1160. The molecule has 1 unspecified atom stereocenters. The second kappa shape index (κ2) is 8.04. The summed E-state index contributed by atoms with van der Waals surface area (Å²) in [7, 11) is -0.725. The number of nitrogens with zero attached hydrogens (tertiary/aromatic N) is 3. The zero-order chi connectivity index (χ0) is 24.2. The zero-order valence-corrected chi connectivity index (χ0v) is 19.6. The highest BCUT2D eigenvalue weighted by molar-refractivity contribution is 6.62. The number of hydrogen-bond acceptors (Lipinski definition) is 6. The van der Waals surface area contributed by atoms with Crippen molar-refractivity contribution in [3.8, 4) is 5.75 Å². The smallest absolute Gasteiger partial charge is 0.488 e. The van der Waals surface area contributed by atoms with Crippen molar-refractivity contribution in [3.05, 3.63) is 48.0 Å². The van der Waals surface area contributed by atoms with E-state index in [2.05, 4.69) is 9.97 Å². The fourth-order valence-corrected chi connectivity index (χ4v) is 3.86. The van der Waals surface area contributed by atoms with Gasteiger partial charge in [0, 0.05) is 6.20 Å². The van der Waals surface area contributed by atoms with Gasteiger partial charge in [0.1, 0.15) is 29.8 Å². The van der Waals surface area contributed by atoms with Crippen LogP contribution in [-0.4, -0.2) is 44.6 Å². The highest BCUT2D eigenvalue weighted by atomic mass is 19.3. The maximum atomic E-state index is 13.7. The van der Waals surface area contributed by atoms with Gasteiger partial charge < -0.3 is 19.2 Å². The minimum Gasteiger partial charge on any atom is -0.488 e. The summed E-state index contributed by atoms with van der Waals surface area (Å²) in [5.41, 5.74) is -0.333. The van der Waals surface area contributed by atoms with Gasteiger partial charge in [-0.3, -0.25) is 9.55 Å². The van der Waals surface area contributed by atoms with E-state index in [0.29, 0.717) is 16.7 Å². The maximum Gasteiger partial charge on any atom is 0.495 e. The molecular formula is C23H28BF2N3O4. The first-order valence-corrected chi connectivity index (χ1v) is 10.7. The monoisotopic (exact) mass is 459 g/mol. The van der Waals surface area contributed by atoms with Crippen molar-refractivity contribution < 1.29 is 27.9 Å².